The monoisotopic (exact) mass is 453 g/mol. The number of hydrogen-bond donors (Lipinski definition) is 4. The van der Waals surface area contributed by atoms with E-state index in [1.54, 1.807) is 49.4 Å². The van der Waals surface area contributed by atoms with Crippen LogP contribution in [0.15, 0.2) is 59.1 Å². The quantitative estimate of drug-likeness (QED) is 0.546. The smallest absolute Gasteiger partial charge is 0.337 e. The highest BCUT2D eigenvalue weighted by Crippen LogP contribution is 2.47. The molecule has 0 amide bonds. The van der Waals surface area contributed by atoms with Crippen molar-refractivity contribution in [2.45, 2.75) is 39.0 Å². The number of fused-ring (bicyclic) bond motifs is 1. The molecule has 8 nitrogen and oxygen atoms in total. The highest BCUT2D eigenvalue weighted by Gasteiger charge is 2.48. The summed E-state index contributed by atoms with van der Waals surface area (Å²) >= 11 is 0. The van der Waals surface area contributed by atoms with Crippen LogP contribution in [0.5, 0.6) is 0 Å². The van der Waals surface area contributed by atoms with Crippen molar-refractivity contribution in [3.8, 4) is 0 Å². The minimum atomic E-state index is -1.11. The predicted molar refractivity (Wildman–Crippen MR) is 122 cm³/mol. The molecule has 2 aliphatic rings. The fraction of sp³-hybridized carbons (Fsp3) is 0.360. The number of aliphatic carboxylic acids is 2. The Balaban J connectivity index is 0.000000194. The van der Waals surface area contributed by atoms with Crippen LogP contribution in [0, 0.1) is 17.3 Å². The van der Waals surface area contributed by atoms with Gasteiger partial charge in [-0.25, -0.2) is 9.59 Å². The van der Waals surface area contributed by atoms with E-state index in [-0.39, 0.29) is 22.6 Å². The Morgan fingerprint density at radius 1 is 0.970 bits per heavy atom. The first-order valence-electron chi connectivity index (χ1n) is 10.9. The Morgan fingerprint density at radius 3 is 2.18 bits per heavy atom. The number of hydrogen-bond acceptors (Lipinski definition) is 4. The molecule has 1 heterocycles. The fourth-order valence-corrected chi connectivity index (χ4v) is 4.89. The van der Waals surface area contributed by atoms with E-state index in [0.29, 0.717) is 10.8 Å². The molecule has 4 rings (SSSR count). The summed E-state index contributed by atoms with van der Waals surface area (Å²) in [5.74, 6) is -3.24. The summed E-state index contributed by atoms with van der Waals surface area (Å²) in [4.78, 5) is 47.5. The second-order valence-electron chi connectivity index (χ2n) is 8.63. The first-order chi connectivity index (χ1) is 15.7. The van der Waals surface area contributed by atoms with Crippen molar-refractivity contribution >= 4 is 28.7 Å². The summed E-state index contributed by atoms with van der Waals surface area (Å²) < 4.78 is 0. The maximum Gasteiger partial charge on any atom is 0.337 e. The molecule has 2 aromatic rings. The second kappa shape index (κ2) is 9.85. The van der Waals surface area contributed by atoms with Crippen molar-refractivity contribution in [3.05, 3.63) is 70.2 Å². The lowest BCUT2D eigenvalue weighted by molar-refractivity contribution is -0.149. The van der Waals surface area contributed by atoms with Crippen LogP contribution in [-0.2, 0) is 9.59 Å². The number of allylic oxidation sites excluding steroid dienone is 2. The van der Waals surface area contributed by atoms with Crippen molar-refractivity contribution in [2.24, 2.45) is 17.3 Å². The van der Waals surface area contributed by atoms with E-state index in [4.69, 9.17) is 5.11 Å². The first-order valence-corrected chi connectivity index (χ1v) is 10.9. The number of carboxylic acid groups (broad SMARTS) is 3. The van der Waals surface area contributed by atoms with Crippen molar-refractivity contribution in [1.82, 2.24) is 4.98 Å². The summed E-state index contributed by atoms with van der Waals surface area (Å²) in [7, 11) is 0. The third kappa shape index (κ3) is 4.89. The molecule has 1 aromatic heterocycles. The number of H-pyrrole nitrogens is 1. The molecule has 174 valence electrons. The van der Waals surface area contributed by atoms with Crippen LogP contribution in [0.3, 0.4) is 0 Å². The maximum absolute atomic E-state index is 11.6. The van der Waals surface area contributed by atoms with Gasteiger partial charge >= 0.3 is 17.9 Å². The molecule has 1 aromatic carbocycles. The molecular formula is C25H27NO7. The Labute approximate surface area is 190 Å². The van der Waals surface area contributed by atoms with E-state index in [1.165, 1.54) is 6.20 Å². The van der Waals surface area contributed by atoms with Gasteiger partial charge in [0.05, 0.1) is 11.0 Å². The van der Waals surface area contributed by atoms with Crippen LogP contribution in [0.1, 0.15) is 49.4 Å². The third-order valence-electron chi connectivity index (χ3n) is 6.57. The number of aromatic amines is 1. The SMILES string of the molecule is CC1(C(=O)O)C=CC=C(C(=O)O)C1C1CCCCC1.O=C(O)c1c[nH]c(=O)c2ccccc12. The van der Waals surface area contributed by atoms with Gasteiger partial charge in [-0.05, 0) is 31.7 Å². The summed E-state index contributed by atoms with van der Waals surface area (Å²) in [6, 6.07) is 6.62. The highest BCUT2D eigenvalue weighted by molar-refractivity contribution is 6.02. The lowest BCUT2D eigenvalue weighted by Gasteiger charge is -2.40. The molecule has 0 aliphatic heterocycles. The number of nitrogens with one attached hydrogen (secondary N) is 1. The number of aromatic carboxylic acids is 1. The second-order valence-corrected chi connectivity index (χ2v) is 8.63. The zero-order chi connectivity index (χ0) is 24.2. The molecule has 4 N–H and O–H groups in total. The topological polar surface area (TPSA) is 145 Å². The Hall–Kier alpha value is -3.68. The van der Waals surface area contributed by atoms with Gasteiger partial charge in [0, 0.05) is 28.5 Å². The first kappa shape index (κ1) is 24.0. The predicted octanol–water partition coefficient (Wildman–Crippen LogP) is 4.08. The van der Waals surface area contributed by atoms with Gasteiger partial charge in [0.1, 0.15) is 0 Å². The summed E-state index contributed by atoms with van der Waals surface area (Å²) in [5.41, 5.74) is -1.02. The van der Waals surface area contributed by atoms with Gasteiger partial charge in [-0.1, -0.05) is 55.7 Å². The summed E-state index contributed by atoms with van der Waals surface area (Å²) in [5, 5.41) is 28.6. The van der Waals surface area contributed by atoms with Crippen LogP contribution in [-0.4, -0.2) is 38.2 Å². The van der Waals surface area contributed by atoms with Gasteiger partial charge in [-0.2, -0.15) is 0 Å². The number of carbonyl (C=O) groups is 3. The molecule has 0 bridgehead atoms. The summed E-state index contributed by atoms with van der Waals surface area (Å²) in [6.45, 7) is 1.64. The molecule has 1 fully saturated rings. The lowest BCUT2D eigenvalue weighted by atomic mass is 9.61. The molecule has 0 radical (unpaired) electrons. The van der Waals surface area contributed by atoms with E-state index >= 15 is 0 Å². The van der Waals surface area contributed by atoms with Crippen LogP contribution in [0.25, 0.3) is 10.8 Å². The molecular weight excluding hydrogens is 426 g/mol. The lowest BCUT2D eigenvalue weighted by Crippen LogP contribution is -2.42. The average Bonchev–Trinajstić information content (AvgIpc) is 2.80. The Kier molecular flexibility index (Phi) is 7.16. The molecule has 8 heteroatoms. The van der Waals surface area contributed by atoms with Gasteiger partial charge in [0.2, 0.25) is 0 Å². The number of rotatable bonds is 4. The number of aromatic nitrogens is 1. The fourth-order valence-electron chi connectivity index (χ4n) is 4.89. The van der Waals surface area contributed by atoms with Gasteiger partial charge in [-0.3, -0.25) is 9.59 Å². The van der Waals surface area contributed by atoms with Crippen LogP contribution in [0.4, 0.5) is 0 Å². The standard InChI is InChI=1S/C15H20O4.C10H7NO3/c1-15(14(18)19)9-5-8-11(13(16)17)12(15)10-6-3-2-4-7-10;12-9-7-4-2-1-3-6(7)8(5-11-9)10(13)14/h5,8-10,12H,2-4,6-7H2,1H3,(H,16,17)(H,18,19);1-5H,(H,11,12)(H,13,14). The van der Waals surface area contributed by atoms with Gasteiger partial charge in [-0.15, -0.1) is 0 Å². The average molecular weight is 453 g/mol. The molecule has 0 saturated heterocycles. The van der Waals surface area contributed by atoms with E-state index in [1.807, 2.05) is 0 Å². The molecule has 2 aliphatic carbocycles. The van der Waals surface area contributed by atoms with Gasteiger partial charge in [0.15, 0.2) is 0 Å². The van der Waals surface area contributed by atoms with Gasteiger partial charge in [0.25, 0.3) is 5.56 Å². The van der Waals surface area contributed by atoms with E-state index in [9.17, 15) is 29.4 Å². The largest absolute Gasteiger partial charge is 0.481 e. The van der Waals surface area contributed by atoms with Crippen molar-refractivity contribution in [1.29, 1.82) is 0 Å². The van der Waals surface area contributed by atoms with Crippen LogP contribution >= 0.6 is 0 Å². The molecule has 0 spiro atoms. The maximum atomic E-state index is 11.6. The molecule has 2 unspecified atom stereocenters. The molecule has 1 saturated carbocycles. The minimum Gasteiger partial charge on any atom is -0.481 e. The molecule has 33 heavy (non-hydrogen) atoms. The van der Waals surface area contributed by atoms with Gasteiger partial charge < -0.3 is 20.3 Å². The normalized spacial score (nSPS) is 22.7. The Bertz CT molecular complexity index is 1190. The Morgan fingerprint density at radius 2 is 1.61 bits per heavy atom. The highest BCUT2D eigenvalue weighted by atomic mass is 16.4. The molecule has 2 atom stereocenters. The summed E-state index contributed by atoms with van der Waals surface area (Å²) in [6.07, 6.45) is 11.1. The van der Waals surface area contributed by atoms with Crippen molar-refractivity contribution < 1.29 is 29.7 Å². The minimum absolute atomic E-state index is 0.111. The third-order valence-corrected chi connectivity index (χ3v) is 6.57. The van der Waals surface area contributed by atoms with Crippen molar-refractivity contribution in [2.75, 3.05) is 0 Å². The van der Waals surface area contributed by atoms with Crippen LogP contribution < -0.4 is 5.56 Å². The zero-order valence-corrected chi connectivity index (χ0v) is 18.3. The number of pyridine rings is 1. The number of carboxylic acids is 3. The zero-order valence-electron chi connectivity index (χ0n) is 18.3. The van der Waals surface area contributed by atoms with E-state index < -0.39 is 29.2 Å². The van der Waals surface area contributed by atoms with E-state index in [0.717, 1.165) is 32.1 Å². The van der Waals surface area contributed by atoms with Crippen molar-refractivity contribution in [3.63, 3.8) is 0 Å². The van der Waals surface area contributed by atoms with Crippen LogP contribution in [0.2, 0.25) is 0 Å². The number of benzene rings is 1. The van der Waals surface area contributed by atoms with E-state index in [2.05, 4.69) is 4.98 Å².